The molecule has 1 aliphatic rings. The topological polar surface area (TPSA) is 9.23 Å². The molecule has 1 fully saturated rings. The van der Waals surface area contributed by atoms with Crippen molar-refractivity contribution in [2.75, 3.05) is 6.61 Å². The largest absolute Gasteiger partial charge is 0.378 e. The molecule has 0 aromatic heterocycles. The smallest absolute Gasteiger partial charge is 0.0618 e. The first kappa shape index (κ1) is 12.4. The average molecular weight is 252 g/mol. The van der Waals surface area contributed by atoms with Crippen LogP contribution in [-0.2, 0) is 11.2 Å². The molecule has 0 aliphatic carbocycles. The first-order valence-electron chi connectivity index (χ1n) is 7.07. The lowest BCUT2D eigenvalue weighted by molar-refractivity contribution is 0.108. The minimum Gasteiger partial charge on any atom is -0.378 e. The number of benzene rings is 2. The summed E-state index contributed by atoms with van der Waals surface area (Å²) in [7, 11) is 0. The molecule has 1 heterocycles. The van der Waals surface area contributed by atoms with E-state index < -0.39 is 0 Å². The number of hydrogen-bond acceptors (Lipinski definition) is 1. The van der Waals surface area contributed by atoms with Crippen molar-refractivity contribution in [2.45, 2.75) is 25.9 Å². The van der Waals surface area contributed by atoms with E-state index in [0.717, 1.165) is 13.0 Å². The molecule has 0 radical (unpaired) electrons. The lowest BCUT2D eigenvalue weighted by Gasteiger charge is -2.10. The molecule has 2 atom stereocenters. The van der Waals surface area contributed by atoms with Crippen LogP contribution < -0.4 is 0 Å². The van der Waals surface area contributed by atoms with Crippen LogP contribution in [0.4, 0.5) is 0 Å². The zero-order valence-corrected chi connectivity index (χ0v) is 11.4. The van der Waals surface area contributed by atoms with Crippen molar-refractivity contribution < 1.29 is 4.74 Å². The van der Waals surface area contributed by atoms with Crippen LogP contribution in [0.3, 0.4) is 0 Å². The van der Waals surface area contributed by atoms with Gasteiger partial charge >= 0.3 is 0 Å². The van der Waals surface area contributed by atoms with Gasteiger partial charge in [-0.1, -0.05) is 61.5 Å². The summed E-state index contributed by atoms with van der Waals surface area (Å²) in [6.07, 6.45) is 2.65. The molecule has 19 heavy (non-hydrogen) atoms. The van der Waals surface area contributed by atoms with Crippen LogP contribution in [0.5, 0.6) is 0 Å². The summed E-state index contributed by atoms with van der Waals surface area (Å²) in [6, 6.07) is 19.4. The fourth-order valence-electron chi connectivity index (χ4n) is 2.75. The van der Waals surface area contributed by atoms with Crippen molar-refractivity contribution in [3.8, 4) is 11.1 Å². The van der Waals surface area contributed by atoms with Gasteiger partial charge in [-0.05, 0) is 35.4 Å². The minimum atomic E-state index is 0.414. The Labute approximate surface area is 115 Å². The molecule has 1 heteroatoms. The van der Waals surface area contributed by atoms with Crippen molar-refractivity contribution in [1.82, 2.24) is 0 Å². The molecule has 0 bridgehead atoms. The van der Waals surface area contributed by atoms with Crippen molar-refractivity contribution in [3.05, 3.63) is 60.2 Å². The third-order valence-electron chi connectivity index (χ3n) is 3.81. The molecule has 2 aromatic rings. The van der Waals surface area contributed by atoms with E-state index >= 15 is 0 Å². The van der Waals surface area contributed by atoms with E-state index in [4.69, 9.17) is 4.74 Å². The van der Waals surface area contributed by atoms with Crippen LogP contribution in [0.1, 0.15) is 18.9 Å². The van der Waals surface area contributed by atoms with Crippen LogP contribution in [0.15, 0.2) is 54.6 Å². The predicted octanol–water partition coefficient (Wildman–Crippen LogP) is 4.32. The van der Waals surface area contributed by atoms with Gasteiger partial charge in [-0.25, -0.2) is 0 Å². The highest BCUT2D eigenvalue weighted by Gasteiger charge is 2.21. The van der Waals surface area contributed by atoms with Gasteiger partial charge in [-0.3, -0.25) is 0 Å². The second-order valence-electron chi connectivity index (χ2n) is 5.56. The Kier molecular flexibility index (Phi) is 3.65. The zero-order chi connectivity index (χ0) is 13.1. The predicted molar refractivity (Wildman–Crippen MR) is 79.1 cm³/mol. The number of ether oxygens (including phenoxy) is 1. The Hall–Kier alpha value is -1.60. The van der Waals surface area contributed by atoms with Crippen molar-refractivity contribution in [3.63, 3.8) is 0 Å². The Morgan fingerprint density at radius 2 is 1.63 bits per heavy atom. The molecule has 0 amide bonds. The van der Waals surface area contributed by atoms with Gasteiger partial charge in [0, 0.05) is 6.61 Å². The van der Waals surface area contributed by atoms with Gasteiger partial charge < -0.3 is 4.74 Å². The lowest BCUT2D eigenvalue weighted by atomic mass is 9.99. The van der Waals surface area contributed by atoms with Crippen molar-refractivity contribution in [2.24, 2.45) is 5.92 Å². The molecule has 0 unspecified atom stereocenters. The van der Waals surface area contributed by atoms with E-state index in [1.165, 1.54) is 23.1 Å². The first-order chi connectivity index (χ1) is 9.31. The molecule has 0 N–H and O–H groups in total. The highest BCUT2D eigenvalue weighted by molar-refractivity contribution is 5.63. The molecule has 3 rings (SSSR count). The molecule has 1 nitrogen and oxygen atoms in total. The zero-order valence-electron chi connectivity index (χ0n) is 11.4. The van der Waals surface area contributed by atoms with Crippen LogP contribution in [0.2, 0.25) is 0 Å². The van der Waals surface area contributed by atoms with Gasteiger partial charge in [-0.15, -0.1) is 0 Å². The molecule has 1 saturated heterocycles. The van der Waals surface area contributed by atoms with Gasteiger partial charge in [0.25, 0.3) is 0 Å². The van der Waals surface area contributed by atoms with Gasteiger partial charge in [0.15, 0.2) is 0 Å². The summed E-state index contributed by atoms with van der Waals surface area (Å²) >= 11 is 0. The van der Waals surface area contributed by atoms with E-state index in [1.54, 1.807) is 0 Å². The summed E-state index contributed by atoms with van der Waals surface area (Å²) < 4.78 is 5.78. The van der Waals surface area contributed by atoms with E-state index in [2.05, 4.69) is 61.5 Å². The third-order valence-corrected chi connectivity index (χ3v) is 3.81. The number of hydrogen-bond donors (Lipinski definition) is 0. The summed E-state index contributed by atoms with van der Waals surface area (Å²) in [4.78, 5) is 0. The van der Waals surface area contributed by atoms with Gasteiger partial charge in [0.05, 0.1) is 6.10 Å². The SMILES string of the molecule is C[C@@H]1CO[C@H](Cc2ccc(-c3ccccc3)cc2)C1. The standard InChI is InChI=1S/C18H20O/c1-14-11-18(19-13-14)12-15-7-9-17(10-8-15)16-5-3-2-4-6-16/h2-10,14,18H,11-13H2,1H3/t14-,18-/m0/s1. The highest BCUT2D eigenvalue weighted by atomic mass is 16.5. The summed E-state index contributed by atoms with van der Waals surface area (Å²) in [5, 5.41) is 0. The Morgan fingerprint density at radius 3 is 2.26 bits per heavy atom. The molecule has 1 aliphatic heterocycles. The lowest BCUT2D eigenvalue weighted by Crippen LogP contribution is -2.08. The molecule has 0 saturated carbocycles. The molecule has 2 aromatic carbocycles. The van der Waals surface area contributed by atoms with E-state index in [0.29, 0.717) is 12.0 Å². The maximum atomic E-state index is 5.78. The highest BCUT2D eigenvalue weighted by Crippen LogP contribution is 2.24. The molecule has 98 valence electrons. The molecule has 0 spiro atoms. The van der Waals surface area contributed by atoms with Gasteiger partial charge in [-0.2, -0.15) is 0 Å². The van der Waals surface area contributed by atoms with Crippen molar-refractivity contribution in [1.29, 1.82) is 0 Å². The number of rotatable bonds is 3. The second kappa shape index (κ2) is 5.58. The maximum Gasteiger partial charge on any atom is 0.0618 e. The van der Waals surface area contributed by atoms with Crippen molar-refractivity contribution >= 4 is 0 Å². The minimum absolute atomic E-state index is 0.414. The monoisotopic (exact) mass is 252 g/mol. The third kappa shape index (κ3) is 3.05. The first-order valence-corrected chi connectivity index (χ1v) is 7.07. The normalized spacial score (nSPS) is 22.6. The maximum absolute atomic E-state index is 5.78. The van der Waals surface area contributed by atoms with Crippen LogP contribution in [0, 0.1) is 5.92 Å². The summed E-state index contributed by atoms with van der Waals surface area (Å²) in [5.74, 6) is 0.716. The fraction of sp³-hybridized carbons (Fsp3) is 0.333. The summed E-state index contributed by atoms with van der Waals surface area (Å²) in [5.41, 5.74) is 3.93. The summed E-state index contributed by atoms with van der Waals surface area (Å²) in [6.45, 7) is 3.19. The molecular formula is C18H20O. The molecular weight excluding hydrogens is 232 g/mol. The van der Waals surface area contributed by atoms with E-state index in [9.17, 15) is 0 Å². The average Bonchev–Trinajstić information content (AvgIpc) is 2.86. The van der Waals surface area contributed by atoms with Crippen LogP contribution in [-0.4, -0.2) is 12.7 Å². The Balaban J connectivity index is 1.69. The van der Waals surface area contributed by atoms with Gasteiger partial charge in [0.1, 0.15) is 0 Å². The van der Waals surface area contributed by atoms with Crippen LogP contribution in [0.25, 0.3) is 11.1 Å². The van der Waals surface area contributed by atoms with Gasteiger partial charge in [0.2, 0.25) is 0 Å². The Bertz CT molecular complexity index is 515. The Morgan fingerprint density at radius 1 is 0.947 bits per heavy atom. The van der Waals surface area contributed by atoms with E-state index in [1.807, 2.05) is 0 Å². The van der Waals surface area contributed by atoms with E-state index in [-0.39, 0.29) is 0 Å². The quantitative estimate of drug-likeness (QED) is 0.790. The second-order valence-corrected chi connectivity index (χ2v) is 5.56. The van der Waals surface area contributed by atoms with Crippen LogP contribution >= 0.6 is 0 Å². The fourth-order valence-corrected chi connectivity index (χ4v) is 2.75.